The van der Waals surface area contributed by atoms with Crippen LogP contribution in [0.5, 0.6) is 0 Å². The smallest absolute Gasteiger partial charge is 0.327 e. The number of nitrogens with zero attached hydrogens (tertiary/aromatic N) is 2. The average Bonchev–Trinajstić information content (AvgIpc) is 2.82. The van der Waals surface area contributed by atoms with Crippen molar-refractivity contribution in [2.75, 3.05) is 0 Å². The van der Waals surface area contributed by atoms with Crippen LogP contribution in [-0.4, -0.2) is 62.8 Å². The first kappa shape index (κ1) is 18.2. The Morgan fingerprint density at radius 1 is 1.36 bits per heavy atom. The molecule has 0 aromatic carbocycles. The first-order chi connectivity index (χ1) is 11.8. The molecule has 2 saturated heterocycles. The molecular formula is C17H25N3O4S. The lowest BCUT2D eigenvalue weighted by atomic mass is 9.83. The Labute approximate surface area is 151 Å². The van der Waals surface area contributed by atoms with Crippen molar-refractivity contribution in [1.82, 2.24) is 10.2 Å². The third kappa shape index (κ3) is 3.05. The zero-order valence-electron chi connectivity index (χ0n) is 14.6. The summed E-state index contributed by atoms with van der Waals surface area (Å²) in [5.41, 5.74) is 0. The van der Waals surface area contributed by atoms with E-state index in [9.17, 15) is 19.5 Å². The van der Waals surface area contributed by atoms with Crippen LogP contribution < -0.4 is 5.32 Å². The highest BCUT2D eigenvalue weighted by atomic mass is 32.2. The van der Waals surface area contributed by atoms with Gasteiger partial charge >= 0.3 is 5.97 Å². The minimum Gasteiger partial charge on any atom is -0.480 e. The number of fused-ring (bicyclic) bond motifs is 1. The maximum absolute atomic E-state index is 12.6. The molecule has 7 nitrogen and oxygen atoms in total. The van der Waals surface area contributed by atoms with Gasteiger partial charge in [0.15, 0.2) is 0 Å². The quantitative estimate of drug-likeness (QED) is 0.563. The fourth-order valence-electron chi connectivity index (χ4n) is 4.28. The van der Waals surface area contributed by atoms with Gasteiger partial charge in [-0.1, -0.05) is 19.3 Å². The summed E-state index contributed by atoms with van der Waals surface area (Å²) in [6.07, 6.45) is 5.27. The van der Waals surface area contributed by atoms with E-state index in [4.69, 9.17) is 0 Å². The fourth-order valence-corrected chi connectivity index (χ4v) is 5.91. The molecule has 0 bridgehead atoms. The molecule has 25 heavy (non-hydrogen) atoms. The van der Waals surface area contributed by atoms with Gasteiger partial charge in [0, 0.05) is 4.75 Å². The van der Waals surface area contributed by atoms with Gasteiger partial charge in [-0.2, -0.15) is 0 Å². The second-order valence-electron chi connectivity index (χ2n) is 7.61. The predicted molar refractivity (Wildman–Crippen MR) is 95.6 cm³/mol. The zero-order chi connectivity index (χ0) is 18.4. The Balaban J connectivity index is 1.68. The maximum atomic E-state index is 12.6. The van der Waals surface area contributed by atoms with E-state index in [1.807, 2.05) is 13.8 Å². The highest BCUT2D eigenvalue weighted by molar-refractivity contribution is 8.01. The van der Waals surface area contributed by atoms with E-state index in [0.29, 0.717) is 0 Å². The molecule has 1 saturated carbocycles. The largest absolute Gasteiger partial charge is 0.480 e. The molecule has 0 aromatic rings. The number of aliphatic imine (C=N–C) groups is 1. The Morgan fingerprint density at radius 2 is 2.00 bits per heavy atom. The first-order valence-corrected chi connectivity index (χ1v) is 9.65. The number of aliphatic carboxylic acids is 1. The van der Waals surface area contributed by atoms with Gasteiger partial charge in [-0.3, -0.25) is 14.6 Å². The van der Waals surface area contributed by atoms with Crippen LogP contribution in [0.3, 0.4) is 0 Å². The minimum absolute atomic E-state index is 0.178. The van der Waals surface area contributed by atoms with Crippen molar-refractivity contribution in [2.24, 2.45) is 10.9 Å². The SMILES string of the molecule is C=NC(C(=O)NC1C(=O)N2C1SC(C)(C)C2C(=O)O)C1CCCCC1. The molecule has 0 radical (unpaired) electrons. The van der Waals surface area contributed by atoms with Crippen molar-refractivity contribution < 1.29 is 19.5 Å². The molecule has 2 N–H and O–H groups in total. The van der Waals surface area contributed by atoms with Gasteiger partial charge < -0.3 is 15.3 Å². The average molecular weight is 367 g/mol. The van der Waals surface area contributed by atoms with E-state index >= 15 is 0 Å². The van der Waals surface area contributed by atoms with Crippen molar-refractivity contribution in [3.8, 4) is 0 Å². The number of hydrogen-bond acceptors (Lipinski definition) is 5. The summed E-state index contributed by atoms with van der Waals surface area (Å²) in [5, 5.41) is 11.9. The lowest BCUT2D eigenvalue weighted by molar-refractivity contribution is -0.161. The van der Waals surface area contributed by atoms with Gasteiger partial charge in [0.05, 0.1) is 0 Å². The summed E-state index contributed by atoms with van der Waals surface area (Å²) in [5.74, 6) is -1.42. The Morgan fingerprint density at radius 3 is 2.56 bits per heavy atom. The summed E-state index contributed by atoms with van der Waals surface area (Å²) in [7, 11) is 0. The second-order valence-corrected chi connectivity index (χ2v) is 9.38. The third-order valence-corrected chi connectivity index (χ3v) is 7.11. The fraction of sp³-hybridized carbons (Fsp3) is 0.765. The highest BCUT2D eigenvalue weighted by Gasteiger charge is 2.64. The van der Waals surface area contributed by atoms with Crippen LogP contribution in [0.1, 0.15) is 46.0 Å². The van der Waals surface area contributed by atoms with Crippen LogP contribution in [0, 0.1) is 5.92 Å². The summed E-state index contributed by atoms with van der Waals surface area (Å²) in [6.45, 7) is 7.20. The molecule has 0 aromatic heterocycles. The molecule has 1 aliphatic carbocycles. The van der Waals surface area contributed by atoms with E-state index in [1.165, 1.54) is 23.1 Å². The maximum Gasteiger partial charge on any atom is 0.327 e. The molecule has 0 spiro atoms. The molecule has 3 fully saturated rings. The summed E-state index contributed by atoms with van der Waals surface area (Å²) in [4.78, 5) is 42.0. The molecule has 2 heterocycles. The van der Waals surface area contributed by atoms with Crippen molar-refractivity contribution in [3.63, 3.8) is 0 Å². The Hall–Kier alpha value is -1.57. The highest BCUT2D eigenvalue weighted by Crippen LogP contribution is 2.50. The van der Waals surface area contributed by atoms with E-state index in [0.717, 1.165) is 25.7 Å². The lowest BCUT2D eigenvalue weighted by Gasteiger charge is -2.44. The van der Waals surface area contributed by atoms with Crippen molar-refractivity contribution in [1.29, 1.82) is 0 Å². The van der Waals surface area contributed by atoms with Crippen molar-refractivity contribution >= 4 is 36.3 Å². The molecular weight excluding hydrogens is 342 g/mol. The number of nitrogens with one attached hydrogen (secondary N) is 1. The number of carboxylic acid groups (broad SMARTS) is 1. The number of amides is 2. The number of hydrogen-bond donors (Lipinski definition) is 2. The molecule has 4 unspecified atom stereocenters. The molecule has 138 valence electrons. The summed E-state index contributed by atoms with van der Waals surface area (Å²) < 4.78 is -0.592. The summed E-state index contributed by atoms with van der Waals surface area (Å²) >= 11 is 1.43. The molecule has 8 heteroatoms. The molecule has 2 amide bonds. The predicted octanol–water partition coefficient (Wildman–Crippen LogP) is 1.27. The van der Waals surface area contributed by atoms with E-state index in [-0.39, 0.29) is 23.1 Å². The number of β-lactam (4-membered cyclic amide) rings is 1. The van der Waals surface area contributed by atoms with Crippen LogP contribution in [-0.2, 0) is 14.4 Å². The van der Waals surface area contributed by atoms with Gasteiger partial charge in [-0.15, -0.1) is 11.8 Å². The minimum atomic E-state index is -1.01. The van der Waals surface area contributed by atoms with Crippen LogP contribution in [0.15, 0.2) is 4.99 Å². The number of thioether (sulfide) groups is 1. The number of carbonyl (C=O) groups excluding carboxylic acids is 2. The monoisotopic (exact) mass is 367 g/mol. The topological polar surface area (TPSA) is 99.1 Å². The van der Waals surface area contributed by atoms with Gasteiger partial charge in [-0.05, 0) is 39.3 Å². The standard InChI is InChI=1S/C17H25N3O4S/c1-17(2)12(16(23)24)20-14(22)11(15(20)25-17)19-13(21)10(18-3)9-7-5-4-6-8-9/h9-12,15H,3-8H2,1-2H3,(H,19,21)(H,23,24). The number of rotatable bonds is 5. The van der Waals surface area contributed by atoms with E-state index in [2.05, 4.69) is 17.0 Å². The second kappa shape index (κ2) is 6.63. The zero-order valence-corrected chi connectivity index (χ0v) is 15.4. The molecule has 4 atom stereocenters. The van der Waals surface area contributed by atoms with Crippen LogP contribution in [0.4, 0.5) is 0 Å². The van der Waals surface area contributed by atoms with Gasteiger partial charge in [0.1, 0.15) is 23.5 Å². The Bertz CT molecular complexity index is 603. The molecule has 3 aliphatic rings. The van der Waals surface area contributed by atoms with Crippen LogP contribution >= 0.6 is 11.8 Å². The normalized spacial score (nSPS) is 32.5. The summed E-state index contributed by atoms with van der Waals surface area (Å²) in [6, 6.07) is -2.07. The first-order valence-electron chi connectivity index (χ1n) is 8.77. The number of carboxylic acids is 1. The van der Waals surface area contributed by atoms with E-state index < -0.39 is 28.8 Å². The van der Waals surface area contributed by atoms with Gasteiger partial charge in [-0.25, -0.2) is 4.79 Å². The van der Waals surface area contributed by atoms with Gasteiger partial charge in [0.2, 0.25) is 11.8 Å². The van der Waals surface area contributed by atoms with Gasteiger partial charge in [0.25, 0.3) is 0 Å². The van der Waals surface area contributed by atoms with E-state index in [1.54, 1.807) is 0 Å². The van der Waals surface area contributed by atoms with Crippen molar-refractivity contribution in [3.05, 3.63) is 0 Å². The van der Waals surface area contributed by atoms with Crippen LogP contribution in [0.25, 0.3) is 0 Å². The van der Waals surface area contributed by atoms with Crippen molar-refractivity contribution in [2.45, 2.75) is 74.2 Å². The molecule has 3 rings (SSSR count). The third-order valence-electron chi connectivity index (χ3n) is 5.53. The Kier molecular flexibility index (Phi) is 4.83. The van der Waals surface area contributed by atoms with Crippen LogP contribution in [0.2, 0.25) is 0 Å². The number of carbonyl (C=O) groups is 3. The lowest BCUT2D eigenvalue weighted by Crippen LogP contribution is -2.71. The molecule has 2 aliphatic heterocycles.